The quantitative estimate of drug-likeness (QED) is 0.592. The van der Waals surface area contributed by atoms with Crippen molar-refractivity contribution in [3.05, 3.63) is 13.8 Å². The fourth-order valence-electron chi connectivity index (χ4n) is 3.16. The zero-order valence-electron chi connectivity index (χ0n) is 8.86. The maximum absolute atomic E-state index is 10.9. The first-order valence-electron chi connectivity index (χ1n) is 4.69. The number of fused-ring (bicyclic) bond motifs is 2. The molecule has 0 saturated heterocycles. The molecule has 2 saturated carbocycles. The van der Waals surface area contributed by atoms with Crippen LogP contribution in [0, 0.1) is 43.4 Å². The molecule has 2 aliphatic rings. The zero-order valence-corrected chi connectivity index (χ0v) is 10.5. The summed E-state index contributed by atoms with van der Waals surface area (Å²) in [5.41, 5.74) is 0. The third kappa shape index (κ3) is 1.89. The minimum absolute atomic E-state index is 0. The molecule has 3 heteroatoms. The molecule has 2 bridgehead atoms. The van der Waals surface area contributed by atoms with Gasteiger partial charge in [0, 0.05) is 5.92 Å². The van der Waals surface area contributed by atoms with Crippen molar-refractivity contribution in [2.45, 2.75) is 20.3 Å². The molecule has 5 unspecified atom stereocenters. The van der Waals surface area contributed by atoms with Crippen molar-refractivity contribution in [2.24, 2.45) is 29.6 Å². The van der Waals surface area contributed by atoms with E-state index < -0.39 is 5.97 Å². The van der Waals surface area contributed by atoms with Crippen molar-refractivity contribution in [1.82, 2.24) is 0 Å². The van der Waals surface area contributed by atoms with Gasteiger partial charge in [-0.2, -0.15) is 11.8 Å². The number of rotatable bonds is 1. The van der Waals surface area contributed by atoms with Gasteiger partial charge in [-0.15, -0.1) is 0 Å². The molecular formula is C11H18O2Rh. The molecule has 1 N–H and O–H groups in total. The first-order valence-corrected chi connectivity index (χ1v) is 4.69. The van der Waals surface area contributed by atoms with E-state index in [0.29, 0.717) is 23.7 Å². The van der Waals surface area contributed by atoms with E-state index in [1.807, 2.05) is 0 Å². The Morgan fingerprint density at radius 2 is 2.00 bits per heavy atom. The summed E-state index contributed by atoms with van der Waals surface area (Å²) in [5.74, 6) is 1.33. The SMILES string of the molecule is CC1[CH-]C2CC1C(C)C2C(=O)O.[CH3-].[Rh+2]. The Balaban J connectivity index is 0.000000845. The van der Waals surface area contributed by atoms with Crippen molar-refractivity contribution in [2.75, 3.05) is 0 Å². The van der Waals surface area contributed by atoms with E-state index in [0.717, 1.165) is 6.42 Å². The molecule has 0 heterocycles. The predicted octanol–water partition coefficient (Wildman–Crippen LogP) is 2.26. The fraction of sp³-hybridized carbons (Fsp3) is 0.727. The fourth-order valence-corrected chi connectivity index (χ4v) is 3.16. The average Bonchev–Trinajstić information content (AvgIpc) is 2.42. The molecule has 2 rings (SSSR count). The predicted molar refractivity (Wildman–Crippen MR) is 51.8 cm³/mol. The molecule has 0 amide bonds. The largest absolute Gasteiger partial charge is 2.00 e. The Labute approximate surface area is 99.2 Å². The molecule has 14 heavy (non-hydrogen) atoms. The van der Waals surface area contributed by atoms with E-state index in [2.05, 4.69) is 20.3 Å². The molecule has 0 aromatic heterocycles. The van der Waals surface area contributed by atoms with Crippen molar-refractivity contribution >= 4 is 5.97 Å². The maximum atomic E-state index is 10.9. The van der Waals surface area contributed by atoms with Gasteiger partial charge in [0.25, 0.3) is 0 Å². The summed E-state index contributed by atoms with van der Waals surface area (Å²) in [4.78, 5) is 10.9. The minimum atomic E-state index is -0.599. The Bertz CT molecular complexity index is 215. The second kappa shape index (κ2) is 4.74. The molecule has 0 spiro atoms. The second-order valence-electron chi connectivity index (χ2n) is 4.34. The van der Waals surface area contributed by atoms with Gasteiger partial charge in [0.15, 0.2) is 0 Å². The molecule has 83 valence electrons. The number of hydrogen-bond acceptors (Lipinski definition) is 1. The monoisotopic (exact) mass is 285 g/mol. The summed E-state index contributed by atoms with van der Waals surface area (Å²) in [7, 11) is 0. The van der Waals surface area contributed by atoms with Crippen LogP contribution in [0.15, 0.2) is 0 Å². The molecule has 2 nitrogen and oxygen atoms in total. The number of carbonyl (C=O) groups is 1. The minimum Gasteiger partial charge on any atom is -0.481 e. The van der Waals surface area contributed by atoms with Crippen LogP contribution in [0.5, 0.6) is 0 Å². The van der Waals surface area contributed by atoms with Gasteiger partial charge in [-0.3, -0.25) is 4.79 Å². The van der Waals surface area contributed by atoms with Crippen molar-refractivity contribution < 1.29 is 29.4 Å². The van der Waals surface area contributed by atoms with Crippen LogP contribution in [-0.4, -0.2) is 11.1 Å². The van der Waals surface area contributed by atoms with E-state index in [-0.39, 0.29) is 32.8 Å². The average molecular weight is 285 g/mol. The molecule has 1 radical (unpaired) electrons. The molecule has 2 aliphatic carbocycles. The Hall–Kier alpha value is 0.0934. The first kappa shape index (κ1) is 14.1. The number of aliphatic carboxylic acids is 1. The van der Waals surface area contributed by atoms with E-state index in [1.165, 1.54) is 0 Å². The van der Waals surface area contributed by atoms with Gasteiger partial charge in [0.05, 0.1) is 0 Å². The van der Waals surface area contributed by atoms with Gasteiger partial charge < -0.3 is 19.0 Å². The van der Waals surface area contributed by atoms with Gasteiger partial charge in [-0.1, -0.05) is 26.2 Å². The van der Waals surface area contributed by atoms with Crippen LogP contribution in [0.3, 0.4) is 0 Å². The van der Waals surface area contributed by atoms with Gasteiger partial charge in [-0.05, 0) is 5.92 Å². The number of carboxylic acid groups (broad SMARTS) is 1. The standard InChI is InChI=1S/C10H15O2.CH3.Rh/c1-5-3-7-4-8(5)6(2)9(7)10(11)12;;/h3,5-9H,4H2,1-2H3,(H,11,12);1H3;/q2*-1;+2. The van der Waals surface area contributed by atoms with Gasteiger partial charge in [0.2, 0.25) is 0 Å². The smallest absolute Gasteiger partial charge is 0.481 e. The maximum Gasteiger partial charge on any atom is 2.00 e. The van der Waals surface area contributed by atoms with E-state index >= 15 is 0 Å². The topological polar surface area (TPSA) is 37.3 Å². The summed E-state index contributed by atoms with van der Waals surface area (Å²) in [6, 6.07) is 0. The van der Waals surface area contributed by atoms with Crippen LogP contribution in [0.25, 0.3) is 0 Å². The summed E-state index contributed by atoms with van der Waals surface area (Å²) in [6.07, 6.45) is 3.35. The molecule has 0 aromatic rings. The summed E-state index contributed by atoms with van der Waals surface area (Å²) >= 11 is 0. The molecule has 0 aliphatic heterocycles. The third-order valence-electron chi connectivity index (χ3n) is 3.76. The van der Waals surface area contributed by atoms with Crippen molar-refractivity contribution in [3.63, 3.8) is 0 Å². The van der Waals surface area contributed by atoms with Gasteiger partial charge in [-0.25, -0.2) is 0 Å². The first-order chi connectivity index (χ1) is 5.61. The summed E-state index contributed by atoms with van der Waals surface area (Å²) in [6.45, 7) is 4.30. The van der Waals surface area contributed by atoms with Crippen LogP contribution in [0.1, 0.15) is 20.3 Å². The van der Waals surface area contributed by atoms with Crippen LogP contribution in [0.2, 0.25) is 0 Å². The number of carboxylic acids is 1. The van der Waals surface area contributed by atoms with Crippen LogP contribution < -0.4 is 0 Å². The van der Waals surface area contributed by atoms with Crippen molar-refractivity contribution in [1.29, 1.82) is 0 Å². The van der Waals surface area contributed by atoms with Crippen LogP contribution >= 0.6 is 0 Å². The molecule has 0 aromatic carbocycles. The summed E-state index contributed by atoms with van der Waals surface area (Å²) < 4.78 is 0. The number of hydrogen-bond donors (Lipinski definition) is 1. The Morgan fingerprint density at radius 3 is 2.36 bits per heavy atom. The third-order valence-corrected chi connectivity index (χ3v) is 3.76. The van der Waals surface area contributed by atoms with E-state index in [9.17, 15) is 4.79 Å². The second-order valence-corrected chi connectivity index (χ2v) is 4.34. The van der Waals surface area contributed by atoms with Crippen molar-refractivity contribution in [3.8, 4) is 0 Å². The van der Waals surface area contributed by atoms with E-state index in [4.69, 9.17) is 5.11 Å². The molecule has 5 atom stereocenters. The van der Waals surface area contributed by atoms with Gasteiger partial charge >= 0.3 is 25.4 Å². The molecule has 2 fully saturated rings. The molecular weight excluding hydrogens is 267 g/mol. The normalized spacial score (nSPS) is 44.0. The Morgan fingerprint density at radius 1 is 1.43 bits per heavy atom. The Kier molecular flexibility index (Phi) is 4.77. The van der Waals surface area contributed by atoms with E-state index in [1.54, 1.807) is 0 Å². The zero-order chi connectivity index (χ0) is 8.88. The van der Waals surface area contributed by atoms with Crippen LogP contribution in [-0.2, 0) is 24.3 Å². The van der Waals surface area contributed by atoms with Crippen LogP contribution in [0.4, 0.5) is 0 Å². The van der Waals surface area contributed by atoms with Gasteiger partial charge in [0.1, 0.15) is 0 Å². The summed E-state index contributed by atoms with van der Waals surface area (Å²) in [5, 5.41) is 8.97.